The lowest BCUT2D eigenvalue weighted by Crippen LogP contribution is -2.53. The predicted octanol–water partition coefficient (Wildman–Crippen LogP) is 4.69. The zero-order valence-electron chi connectivity index (χ0n) is 16.3. The molecule has 0 spiro atoms. The Labute approximate surface area is 156 Å². The van der Waals surface area contributed by atoms with E-state index in [0.29, 0.717) is 12.8 Å². The number of hydrogen-bond acceptors (Lipinski definition) is 3. The molecule has 1 fully saturated rings. The first-order valence-corrected chi connectivity index (χ1v) is 9.60. The summed E-state index contributed by atoms with van der Waals surface area (Å²) in [7, 11) is 0. The largest absolute Gasteiger partial charge is 0.444 e. The van der Waals surface area contributed by atoms with Crippen molar-refractivity contribution in [2.75, 3.05) is 0 Å². The molecule has 0 saturated heterocycles. The SMILES string of the molecule is CCC[C@@H](NC(=O)OC(C)(C)C)[C@]1(c2ccc(F)cc2)CC[C@@H](O)CC1. The van der Waals surface area contributed by atoms with Crippen molar-refractivity contribution in [2.45, 2.75) is 89.4 Å². The van der Waals surface area contributed by atoms with Crippen molar-refractivity contribution >= 4 is 6.09 Å². The third kappa shape index (κ3) is 5.19. The molecule has 2 N–H and O–H groups in total. The van der Waals surface area contributed by atoms with E-state index in [-0.39, 0.29) is 23.4 Å². The maximum atomic E-state index is 13.5. The molecule has 0 aliphatic heterocycles. The maximum Gasteiger partial charge on any atom is 0.407 e. The van der Waals surface area contributed by atoms with Crippen LogP contribution in [0.15, 0.2) is 24.3 Å². The molecule has 0 bridgehead atoms. The number of aliphatic hydroxyl groups is 1. The molecule has 2 rings (SSSR count). The molecular weight excluding hydrogens is 333 g/mol. The summed E-state index contributed by atoms with van der Waals surface area (Å²) in [6, 6.07) is 6.44. The number of ether oxygens (including phenoxy) is 1. The predicted molar refractivity (Wildman–Crippen MR) is 101 cm³/mol. The van der Waals surface area contributed by atoms with Gasteiger partial charge in [0.1, 0.15) is 11.4 Å². The molecule has 1 aromatic carbocycles. The minimum Gasteiger partial charge on any atom is -0.444 e. The number of carbonyl (C=O) groups excluding carboxylic acids is 1. The molecule has 1 aromatic rings. The van der Waals surface area contributed by atoms with Gasteiger partial charge in [-0.1, -0.05) is 25.5 Å². The van der Waals surface area contributed by atoms with Crippen LogP contribution >= 0.6 is 0 Å². The normalized spacial score (nSPS) is 24.8. The fourth-order valence-corrected chi connectivity index (χ4v) is 3.96. The number of halogens is 1. The van der Waals surface area contributed by atoms with Crippen LogP contribution in [0.5, 0.6) is 0 Å². The molecule has 0 radical (unpaired) electrons. The van der Waals surface area contributed by atoms with Gasteiger partial charge in [-0.05, 0) is 70.6 Å². The van der Waals surface area contributed by atoms with E-state index in [1.54, 1.807) is 0 Å². The molecule has 0 unspecified atom stereocenters. The highest BCUT2D eigenvalue weighted by molar-refractivity contribution is 5.68. The average Bonchev–Trinajstić information content (AvgIpc) is 2.55. The number of amides is 1. The van der Waals surface area contributed by atoms with Crippen LogP contribution < -0.4 is 5.32 Å². The van der Waals surface area contributed by atoms with Crippen LogP contribution in [0, 0.1) is 5.82 Å². The molecule has 4 nitrogen and oxygen atoms in total. The van der Waals surface area contributed by atoms with Crippen molar-refractivity contribution in [1.29, 1.82) is 0 Å². The first-order valence-electron chi connectivity index (χ1n) is 9.60. The molecule has 1 aliphatic carbocycles. The van der Waals surface area contributed by atoms with E-state index >= 15 is 0 Å². The Kier molecular flexibility index (Phi) is 6.67. The summed E-state index contributed by atoms with van der Waals surface area (Å²) < 4.78 is 18.9. The zero-order valence-corrected chi connectivity index (χ0v) is 16.3. The molecule has 0 heterocycles. The van der Waals surface area contributed by atoms with E-state index < -0.39 is 11.7 Å². The Bertz CT molecular complexity index is 586. The summed E-state index contributed by atoms with van der Waals surface area (Å²) in [6.07, 6.45) is 3.82. The van der Waals surface area contributed by atoms with Gasteiger partial charge in [-0.2, -0.15) is 0 Å². The summed E-state index contributed by atoms with van der Waals surface area (Å²) in [6.45, 7) is 7.61. The Balaban J connectivity index is 2.33. The summed E-state index contributed by atoms with van der Waals surface area (Å²) in [5.41, 5.74) is 0.132. The number of hydrogen-bond donors (Lipinski definition) is 2. The standard InChI is InChI=1S/C21H32FNO3/c1-5-6-18(23-19(25)26-20(2,3)4)21(13-11-17(24)12-14-21)15-7-9-16(22)10-8-15/h7-10,17-18,24H,5-6,11-14H2,1-4H3,(H,23,25)/t17-,18-,21-/m1/s1. The molecule has 0 aromatic heterocycles. The van der Waals surface area contributed by atoms with E-state index in [0.717, 1.165) is 31.2 Å². The number of nitrogens with one attached hydrogen (secondary N) is 1. The van der Waals surface area contributed by atoms with Crippen LogP contribution in [0.3, 0.4) is 0 Å². The van der Waals surface area contributed by atoms with E-state index in [1.165, 1.54) is 12.1 Å². The lowest BCUT2D eigenvalue weighted by Gasteiger charge is -2.45. The molecule has 5 heteroatoms. The van der Waals surface area contributed by atoms with Crippen LogP contribution in [-0.4, -0.2) is 28.9 Å². The smallest absolute Gasteiger partial charge is 0.407 e. The molecule has 1 amide bonds. The molecule has 1 aliphatic rings. The van der Waals surface area contributed by atoms with Gasteiger partial charge in [-0.25, -0.2) is 9.18 Å². The number of rotatable bonds is 5. The molecular formula is C21H32FNO3. The third-order valence-electron chi connectivity index (χ3n) is 5.20. The lowest BCUT2D eigenvalue weighted by molar-refractivity contribution is 0.0401. The number of benzene rings is 1. The van der Waals surface area contributed by atoms with Gasteiger partial charge < -0.3 is 15.2 Å². The maximum absolute atomic E-state index is 13.5. The number of aliphatic hydroxyl groups excluding tert-OH is 1. The third-order valence-corrected chi connectivity index (χ3v) is 5.20. The molecule has 1 atom stereocenters. The average molecular weight is 365 g/mol. The number of carbonyl (C=O) groups is 1. The zero-order chi connectivity index (χ0) is 19.4. The summed E-state index contributed by atoms with van der Waals surface area (Å²) in [5, 5.41) is 13.1. The van der Waals surface area contributed by atoms with Gasteiger partial charge in [-0.3, -0.25) is 0 Å². The summed E-state index contributed by atoms with van der Waals surface area (Å²) in [4.78, 5) is 12.4. The van der Waals surface area contributed by atoms with Crippen LogP contribution in [0.2, 0.25) is 0 Å². The van der Waals surface area contributed by atoms with E-state index in [9.17, 15) is 14.3 Å². The highest BCUT2D eigenvalue weighted by atomic mass is 19.1. The highest BCUT2D eigenvalue weighted by Crippen LogP contribution is 2.43. The van der Waals surface area contributed by atoms with Crippen LogP contribution in [0.1, 0.15) is 71.8 Å². The lowest BCUT2D eigenvalue weighted by atomic mass is 9.63. The highest BCUT2D eigenvalue weighted by Gasteiger charge is 2.43. The Morgan fingerprint density at radius 2 is 1.88 bits per heavy atom. The Morgan fingerprint density at radius 3 is 2.38 bits per heavy atom. The van der Waals surface area contributed by atoms with Crippen LogP contribution in [0.4, 0.5) is 9.18 Å². The van der Waals surface area contributed by atoms with Crippen molar-refractivity contribution in [2.24, 2.45) is 0 Å². The summed E-state index contributed by atoms with van der Waals surface area (Å²) in [5.74, 6) is -0.271. The van der Waals surface area contributed by atoms with Crippen LogP contribution in [-0.2, 0) is 10.2 Å². The monoisotopic (exact) mass is 365 g/mol. The van der Waals surface area contributed by atoms with Crippen molar-refractivity contribution in [3.8, 4) is 0 Å². The molecule has 146 valence electrons. The van der Waals surface area contributed by atoms with Gasteiger partial charge in [0.2, 0.25) is 0 Å². The first-order chi connectivity index (χ1) is 12.2. The number of alkyl carbamates (subject to hydrolysis) is 1. The van der Waals surface area contributed by atoms with Crippen molar-refractivity contribution in [3.05, 3.63) is 35.6 Å². The van der Waals surface area contributed by atoms with Crippen molar-refractivity contribution in [3.63, 3.8) is 0 Å². The van der Waals surface area contributed by atoms with Gasteiger partial charge in [0.15, 0.2) is 0 Å². The van der Waals surface area contributed by atoms with E-state index in [4.69, 9.17) is 4.74 Å². The second-order valence-electron chi connectivity index (χ2n) is 8.38. The minimum absolute atomic E-state index is 0.125. The van der Waals surface area contributed by atoms with Gasteiger partial charge >= 0.3 is 6.09 Å². The van der Waals surface area contributed by atoms with Crippen molar-refractivity contribution < 1.29 is 19.0 Å². The van der Waals surface area contributed by atoms with Gasteiger partial charge in [0.25, 0.3) is 0 Å². The Hall–Kier alpha value is -1.62. The van der Waals surface area contributed by atoms with Gasteiger partial charge in [0.05, 0.1) is 6.10 Å². The fourth-order valence-electron chi connectivity index (χ4n) is 3.96. The van der Waals surface area contributed by atoms with E-state index in [2.05, 4.69) is 12.2 Å². The van der Waals surface area contributed by atoms with Crippen LogP contribution in [0.25, 0.3) is 0 Å². The summed E-state index contributed by atoms with van der Waals surface area (Å²) >= 11 is 0. The van der Waals surface area contributed by atoms with E-state index in [1.807, 2.05) is 32.9 Å². The topological polar surface area (TPSA) is 58.6 Å². The first kappa shape index (κ1) is 20.7. The van der Waals surface area contributed by atoms with Gasteiger partial charge in [0, 0.05) is 11.5 Å². The fraction of sp³-hybridized carbons (Fsp3) is 0.667. The minimum atomic E-state index is -0.563. The van der Waals surface area contributed by atoms with Crippen molar-refractivity contribution in [1.82, 2.24) is 5.32 Å². The Morgan fingerprint density at radius 1 is 1.31 bits per heavy atom. The van der Waals surface area contributed by atoms with Gasteiger partial charge in [-0.15, -0.1) is 0 Å². The second kappa shape index (κ2) is 8.38. The molecule has 26 heavy (non-hydrogen) atoms. The molecule has 1 saturated carbocycles. The second-order valence-corrected chi connectivity index (χ2v) is 8.38. The quantitative estimate of drug-likeness (QED) is 0.796.